The van der Waals surface area contributed by atoms with E-state index in [4.69, 9.17) is 5.26 Å². The fraction of sp³-hybridized carbons (Fsp3) is 0.273. The third kappa shape index (κ3) is 2.21. The second-order valence-electron chi connectivity index (χ2n) is 4.13. The van der Waals surface area contributed by atoms with E-state index < -0.39 is 0 Å². The van der Waals surface area contributed by atoms with Gasteiger partial charge in [0.05, 0.1) is 17.8 Å². The van der Waals surface area contributed by atoms with Crippen molar-refractivity contribution in [1.82, 2.24) is 20.3 Å². The number of aromatic nitrogens is 3. The van der Waals surface area contributed by atoms with E-state index in [2.05, 4.69) is 20.9 Å². The number of carbonyl (C=O) groups excluding carboxylic acids is 1. The second-order valence-corrected chi connectivity index (χ2v) is 5.04. The van der Waals surface area contributed by atoms with Crippen LogP contribution in [-0.2, 0) is 0 Å². The molecule has 3 rings (SSSR count). The molecular weight excluding hydrogens is 264 g/mol. The zero-order valence-electron chi connectivity index (χ0n) is 9.83. The number of rotatable bonds is 3. The van der Waals surface area contributed by atoms with Crippen LogP contribution >= 0.6 is 11.3 Å². The summed E-state index contributed by atoms with van der Waals surface area (Å²) in [4.78, 5) is 12.0. The summed E-state index contributed by atoms with van der Waals surface area (Å²) in [5, 5.41) is 24.7. The molecule has 8 heteroatoms. The molecule has 19 heavy (non-hydrogen) atoms. The first-order chi connectivity index (χ1) is 9.28. The molecule has 7 nitrogen and oxygen atoms in total. The van der Waals surface area contributed by atoms with Crippen molar-refractivity contribution in [3.63, 3.8) is 0 Å². The molecule has 96 valence electrons. The van der Waals surface area contributed by atoms with Crippen molar-refractivity contribution >= 4 is 22.2 Å². The third-order valence-corrected chi connectivity index (χ3v) is 3.72. The maximum absolute atomic E-state index is 12.0. The van der Waals surface area contributed by atoms with Gasteiger partial charge in [-0.3, -0.25) is 4.79 Å². The first-order valence-electron chi connectivity index (χ1n) is 5.69. The largest absolute Gasteiger partial charge is 0.312 e. The van der Waals surface area contributed by atoms with Crippen LogP contribution in [0.3, 0.4) is 0 Å². The van der Waals surface area contributed by atoms with Gasteiger partial charge in [-0.05, 0) is 11.4 Å². The van der Waals surface area contributed by atoms with Crippen LogP contribution in [0.5, 0.6) is 0 Å². The lowest BCUT2D eigenvalue weighted by molar-refractivity contribution is 0.102. The molecule has 2 aromatic heterocycles. The number of nitrogens with zero attached hydrogens (tertiary/aromatic N) is 4. The topological polar surface area (TPSA) is 95.6 Å². The number of carbonyl (C=O) groups is 1. The van der Waals surface area contributed by atoms with E-state index >= 15 is 0 Å². The number of thiophene rings is 1. The van der Waals surface area contributed by atoms with Gasteiger partial charge in [-0.15, -0.1) is 16.4 Å². The van der Waals surface area contributed by atoms with E-state index in [1.54, 1.807) is 22.3 Å². The van der Waals surface area contributed by atoms with Gasteiger partial charge in [-0.25, -0.2) is 4.68 Å². The number of anilines is 1. The Bertz CT molecular complexity index is 650. The van der Waals surface area contributed by atoms with E-state index in [1.807, 2.05) is 6.07 Å². The Hall–Kier alpha value is -2.24. The van der Waals surface area contributed by atoms with E-state index in [9.17, 15) is 4.79 Å². The third-order valence-electron chi connectivity index (χ3n) is 2.89. The highest BCUT2D eigenvalue weighted by Crippen LogP contribution is 2.22. The summed E-state index contributed by atoms with van der Waals surface area (Å²) < 4.78 is 1.69. The molecule has 3 heterocycles. The minimum absolute atomic E-state index is 0.254. The standard InChI is InChI=1S/C11H10N6OS/c12-3-7-1-2-19-11(7)14-10(18)9-6-17(16-15-9)8-4-13-5-8/h1-2,6,8,13H,4-5H2,(H,14,18). The normalized spacial score (nSPS) is 14.7. The maximum atomic E-state index is 12.0. The highest BCUT2D eigenvalue weighted by atomic mass is 32.1. The Kier molecular flexibility index (Phi) is 2.98. The van der Waals surface area contributed by atoms with Crippen LogP contribution in [0, 0.1) is 11.3 Å². The van der Waals surface area contributed by atoms with Crippen molar-refractivity contribution in [1.29, 1.82) is 5.26 Å². The predicted octanol–water partition coefficient (Wildman–Crippen LogP) is 0.608. The summed E-state index contributed by atoms with van der Waals surface area (Å²) >= 11 is 1.31. The number of hydrogen-bond donors (Lipinski definition) is 2. The molecule has 1 amide bonds. The second kappa shape index (κ2) is 4.79. The van der Waals surface area contributed by atoms with Crippen molar-refractivity contribution in [2.24, 2.45) is 0 Å². The van der Waals surface area contributed by atoms with Crippen LogP contribution in [0.25, 0.3) is 0 Å². The summed E-state index contributed by atoms with van der Waals surface area (Å²) in [6.07, 6.45) is 1.63. The fourth-order valence-corrected chi connectivity index (χ4v) is 2.41. The van der Waals surface area contributed by atoms with Crippen molar-refractivity contribution in [2.75, 3.05) is 18.4 Å². The van der Waals surface area contributed by atoms with Crippen molar-refractivity contribution in [2.45, 2.75) is 6.04 Å². The molecular formula is C11H10N6OS. The summed E-state index contributed by atoms with van der Waals surface area (Å²) in [5.41, 5.74) is 0.707. The Morgan fingerprint density at radius 3 is 3.16 bits per heavy atom. The zero-order valence-corrected chi connectivity index (χ0v) is 10.6. The minimum atomic E-state index is -0.350. The monoisotopic (exact) mass is 274 g/mol. The number of nitriles is 1. The van der Waals surface area contributed by atoms with Gasteiger partial charge in [0.15, 0.2) is 5.69 Å². The van der Waals surface area contributed by atoms with Crippen molar-refractivity contribution in [3.8, 4) is 6.07 Å². The molecule has 2 N–H and O–H groups in total. The predicted molar refractivity (Wildman–Crippen MR) is 68.9 cm³/mol. The summed E-state index contributed by atoms with van der Waals surface area (Å²) in [5.74, 6) is -0.350. The average Bonchev–Trinajstić information content (AvgIpc) is 2.95. The van der Waals surface area contributed by atoms with Crippen LogP contribution in [0.1, 0.15) is 22.1 Å². The van der Waals surface area contributed by atoms with Crippen LogP contribution < -0.4 is 10.6 Å². The number of amides is 1. The van der Waals surface area contributed by atoms with Gasteiger partial charge in [-0.1, -0.05) is 5.21 Å². The molecule has 0 bridgehead atoms. The van der Waals surface area contributed by atoms with Gasteiger partial charge in [0.2, 0.25) is 0 Å². The van der Waals surface area contributed by atoms with Crippen LogP contribution in [0.4, 0.5) is 5.00 Å². The molecule has 1 fully saturated rings. The van der Waals surface area contributed by atoms with Gasteiger partial charge in [0, 0.05) is 13.1 Å². The number of nitrogens with one attached hydrogen (secondary N) is 2. The molecule has 1 saturated heterocycles. The number of hydrogen-bond acceptors (Lipinski definition) is 6. The molecule has 0 aliphatic carbocycles. The molecule has 0 radical (unpaired) electrons. The minimum Gasteiger partial charge on any atom is -0.312 e. The first-order valence-corrected chi connectivity index (χ1v) is 6.57. The molecule has 2 aromatic rings. The summed E-state index contributed by atoms with van der Waals surface area (Å²) in [7, 11) is 0. The van der Waals surface area contributed by atoms with Crippen LogP contribution in [0.2, 0.25) is 0 Å². The maximum Gasteiger partial charge on any atom is 0.278 e. The highest BCUT2D eigenvalue weighted by molar-refractivity contribution is 7.14. The van der Waals surface area contributed by atoms with Crippen LogP contribution in [0.15, 0.2) is 17.6 Å². The average molecular weight is 274 g/mol. The zero-order chi connectivity index (χ0) is 13.2. The molecule has 0 atom stereocenters. The summed E-state index contributed by atoms with van der Waals surface area (Å²) in [6, 6.07) is 3.95. The SMILES string of the molecule is N#Cc1ccsc1NC(=O)c1cn(C2CNC2)nn1. The molecule has 0 aromatic carbocycles. The Morgan fingerprint density at radius 1 is 1.63 bits per heavy atom. The fourth-order valence-electron chi connectivity index (χ4n) is 1.68. The molecule has 0 saturated carbocycles. The van der Waals surface area contributed by atoms with Gasteiger partial charge < -0.3 is 10.6 Å². The first kappa shape index (κ1) is 11.8. The van der Waals surface area contributed by atoms with E-state index in [0.29, 0.717) is 10.6 Å². The molecule has 0 spiro atoms. The smallest absolute Gasteiger partial charge is 0.278 e. The lowest BCUT2D eigenvalue weighted by atomic mass is 10.2. The lowest BCUT2D eigenvalue weighted by Crippen LogP contribution is -2.43. The summed E-state index contributed by atoms with van der Waals surface area (Å²) in [6.45, 7) is 1.68. The van der Waals surface area contributed by atoms with Gasteiger partial charge in [-0.2, -0.15) is 5.26 Å². The Labute approximate surface area is 112 Å². The van der Waals surface area contributed by atoms with E-state index in [1.165, 1.54) is 11.3 Å². The molecule has 1 aliphatic heterocycles. The Morgan fingerprint density at radius 2 is 2.47 bits per heavy atom. The highest BCUT2D eigenvalue weighted by Gasteiger charge is 2.22. The van der Waals surface area contributed by atoms with E-state index in [0.717, 1.165) is 13.1 Å². The van der Waals surface area contributed by atoms with Gasteiger partial charge in [0.1, 0.15) is 11.1 Å². The lowest BCUT2D eigenvalue weighted by Gasteiger charge is -2.26. The molecule has 1 aliphatic rings. The van der Waals surface area contributed by atoms with Crippen LogP contribution in [-0.4, -0.2) is 34.0 Å². The van der Waals surface area contributed by atoms with Gasteiger partial charge >= 0.3 is 0 Å². The van der Waals surface area contributed by atoms with Crippen molar-refractivity contribution in [3.05, 3.63) is 28.9 Å². The van der Waals surface area contributed by atoms with E-state index in [-0.39, 0.29) is 17.6 Å². The molecule has 0 unspecified atom stereocenters. The quantitative estimate of drug-likeness (QED) is 0.855. The van der Waals surface area contributed by atoms with Gasteiger partial charge in [0.25, 0.3) is 5.91 Å². The van der Waals surface area contributed by atoms with Crippen molar-refractivity contribution < 1.29 is 4.79 Å². The Balaban J connectivity index is 1.73.